The van der Waals surface area contributed by atoms with Gasteiger partial charge in [-0.15, -0.1) is 0 Å². The molecule has 1 aliphatic rings. The largest absolute Gasteiger partial charge is 0.480 e. The van der Waals surface area contributed by atoms with Crippen molar-refractivity contribution in [1.82, 2.24) is 24.6 Å². The molecule has 1 N–H and O–H groups in total. The minimum Gasteiger partial charge on any atom is -0.480 e. The summed E-state index contributed by atoms with van der Waals surface area (Å²) in [4.78, 5) is 30.4. The molecule has 1 aliphatic heterocycles. The van der Waals surface area contributed by atoms with Crippen LogP contribution in [0.1, 0.15) is 13.3 Å². The SMILES string of the molecule is CC(C(=O)O)N1CCN(C(=O)CCn2cncn2)CC1. The van der Waals surface area contributed by atoms with E-state index in [1.165, 1.54) is 6.33 Å². The molecule has 1 amide bonds. The van der Waals surface area contributed by atoms with E-state index in [0.29, 0.717) is 39.1 Å². The average molecular weight is 281 g/mol. The Morgan fingerprint density at radius 3 is 2.55 bits per heavy atom. The zero-order valence-corrected chi connectivity index (χ0v) is 11.5. The molecule has 2 heterocycles. The van der Waals surface area contributed by atoms with Gasteiger partial charge in [-0.25, -0.2) is 4.98 Å². The number of nitrogens with zero attached hydrogens (tertiary/aromatic N) is 5. The van der Waals surface area contributed by atoms with E-state index in [0.717, 1.165) is 0 Å². The molecule has 0 saturated carbocycles. The zero-order chi connectivity index (χ0) is 14.5. The van der Waals surface area contributed by atoms with Crippen LogP contribution < -0.4 is 0 Å². The van der Waals surface area contributed by atoms with Crippen molar-refractivity contribution in [2.75, 3.05) is 26.2 Å². The first-order valence-corrected chi connectivity index (χ1v) is 6.65. The van der Waals surface area contributed by atoms with Crippen LogP contribution in [0.15, 0.2) is 12.7 Å². The van der Waals surface area contributed by atoms with E-state index in [-0.39, 0.29) is 5.91 Å². The summed E-state index contributed by atoms with van der Waals surface area (Å²) in [5, 5.41) is 12.9. The molecule has 20 heavy (non-hydrogen) atoms. The number of carboxylic acid groups (broad SMARTS) is 1. The van der Waals surface area contributed by atoms with E-state index in [9.17, 15) is 9.59 Å². The Balaban J connectivity index is 1.75. The Labute approximate surface area is 117 Å². The third-order valence-electron chi connectivity index (χ3n) is 3.59. The molecule has 0 spiro atoms. The summed E-state index contributed by atoms with van der Waals surface area (Å²) >= 11 is 0. The predicted molar refractivity (Wildman–Crippen MR) is 69.9 cm³/mol. The Morgan fingerprint density at radius 2 is 2.00 bits per heavy atom. The lowest BCUT2D eigenvalue weighted by Crippen LogP contribution is -2.53. The maximum Gasteiger partial charge on any atom is 0.320 e. The maximum absolute atomic E-state index is 12.0. The van der Waals surface area contributed by atoms with Crippen molar-refractivity contribution in [2.24, 2.45) is 0 Å². The number of carbonyl (C=O) groups is 2. The standard InChI is InChI=1S/C12H19N5O3/c1-10(12(19)20)15-4-6-16(7-5-15)11(18)2-3-17-9-13-8-14-17/h8-10H,2-7H2,1H3,(H,19,20). The molecule has 2 rings (SSSR count). The normalized spacial score (nSPS) is 17.9. The molecule has 1 aromatic rings. The van der Waals surface area contributed by atoms with Crippen LogP contribution in [-0.4, -0.2) is 73.8 Å². The molecule has 1 saturated heterocycles. The number of amides is 1. The molecule has 0 aromatic carbocycles. The van der Waals surface area contributed by atoms with Crippen molar-refractivity contribution in [3.05, 3.63) is 12.7 Å². The Kier molecular flexibility index (Phi) is 4.67. The molecule has 1 unspecified atom stereocenters. The fourth-order valence-electron chi connectivity index (χ4n) is 2.23. The maximum atomic E-state index is 12.0. The van der Waals surface area contributed by atoms with Gasteiger partial charge in [0.1, 0.15) is 18.7 Å². The minimum atomic E-state index is -0.823. The van der Waals surface area contributed by atoms with Gasteiger partial charge in [0.2, 0.25) is 5.91 Å². The van der Waals surface area contributed by atoms with Crippen LogP contribution in [0.3, 0.4) is 0 Å². The Hall–Kier alpha value is -1.96. The van der Waals surface area contributed by atoms with Crippen molar-refractivity contribution >= 4 is 11.9 Å². The van der Waals surface area contributed by atoms with Gasteiger partial charge in [-0.1, -0.05) is 0 Å². The summed E-state index contributed by atoms with van der Waals surface area (Å²) < 4.78 is 1.63. The number of carbonyl (C=O) groups excluding carboxylic acids is 1. The highest BCUT2D eigenvalue weighted by Crippen LogP contribution is 2.08. The summed E-state index contributed by atoms with van der Waals surface area (Å²) in [5.74, 6) is -0.751. The highest BCUT2D eigenvalue weighted by Gasteiger charge is 2.26. The van der Waals surface area contributed by atoms with E-state index in [4.69, 9.17) is 5.11 Å². The molecule has 8 heteroatoms. The molecule has 1 fully saturated rings. The van der Waals surface area contributed by atoms with Crippen LogP contribution in [0.2, 0.25) is 0 Å². The van der Waals surface area contributed by atoms with Crippen LogP contribution in [0.4, 0.5) is 0 Å². The molecule has 0 radical (unpaired) electrons. The highest BCUT2D eigenvalue weighted by atomic mass is 16.4. The second-order valence-corrected chi connectivity index (χ2v) is 4.84. The van der Waals surface area contributed by atoms with E-state index < -0.39 is 12.0 Å². The summed E-state index contributed by atoms with van der Waals surface area (Å²) in [6, 6.07) is -0.498. The lowest BCUT2D eigenvalue weighted by molar-refractivity contribution is -0.144. The quantitative estimate of drug-likeness (QED) is 0.766. The number of carboxylic acids is 1. The smallest absolute Gasteiger partial charge is 0.320 e. The van der Waals surface area contributed by atoms with Gasteiger partial charge < -0.3 is 10.0 Å². The minimum absolute atomic E-state index is 0.0723. The third-order valence-corrected chi connectivity index (χ3v) is 3.59. The van der Waals surface area contributed by atoms with Crippen molar-refractivity contribution in [3.63, 3.8) is 0 Å². The summed E-state index contributed by atoms with van der Waals surface area (Å²) in [5.41, 5.74) is 0. The van der Waals surface area contributed by atoms with Gasteiger partial charge >= 0.3 is 5.97 Å². The molecule has 1 aromatic heterocycles. The van der Waals surface area contributed by atoms with Gasteiger partial charge in [0, 0.05) is 32.6 Å². The second-order valence-electron chi connectivity index (χ2n) is 4.84. The van der Waals surface area contributed by atoms with Gasteiger partial charge in [-0.2, -0.15) is 5.10 Å². The van der Waals surface area contributed by atoms with Crippen LogP contribution in [0, 0.1) is 0 Å². The van der Waals surface area contributed by atoms with Crippen LogP contribution in [-0.2, 0) is 16.1 Å². The summed E-state index contributed by atoms with van der Waals surface area (Å²) in [6.07, 6.45) is 3.41. The van der Waals surface area contributed by atoms with Crippen molar-refractivity contribution in [3.8, 4) is 0 Å². The molecule has 110 valence electrons. The van der Waals surface area contributed by atoms with Crippen molar-refractivity contribution in [2.45, 2.75) is 25.9 Å². The monoisotopic (exact) mass is 281 g/mol. The van der Waals surface area contributed by atoms with Crippen molar-refractivity contribution in [1.29, 1.82) is 0 Å². The van der Waals surface area contributed by atoms with E-state index in [1.807, 2.05) is 4.90 Å². The number of piperazine rings is 1. The first-order chi connectivity index (χ1) is 9.58. The van der Waals surface area contributed by atoms with Gasteiger partial charge in [0.15, 0.2) is 0 Å². The molecular formula is C12H19N5O3. The zero-order valence-electron chi connectivity index (χ0n) is 11.5. The lowest BCUT2D eigenvalue weighted by Gasteiger charge is -2.36. The van der Waals surface area contributed by atoms with Crippen molar-refractivity contribution < 1.29 is 14.7 Å². The fourth-order valence-corrected chi connectivity index (χ4v) is 2.23. The lowest BCUT2D eigenvalue weighted by atomic mass is 10.2. The number of hydrogen-bond donors (Lipinski definition) is 1. The number of hydrogen-bond acceptors (Lipinski definition) is 5. The number of aromatic nitrogens is 3. The van der Waals surface area contributed by atoms with Gasteiger partial charge in [-0.05, 0) is 6.92 Å². The highest BCUT2D eigenvalue weighted by molar-refractivity contribution is 5.76. The summed E-state index contributed by atoms with van der Waals surface area (Å²) in [7, 11) is 0. The first kappa shape index (κ1) is 14.4. The van der Waals surface area contributed by atoms with E-state index >= 15 is 0 Å². The van der Waals surface area contributed by atoms with E-state index in [2.05, 4.69) is 10.1 Å². The first-order valence-electron chi connectivity index (χ1n) is 6.65. The number of aliphatic carboxylic acids is 1. The van der Waals surface area contributed by atoms with Crippen LogP contribution in [0.5, 0.6) is 0 Å². The van der Waals surface area contributed by atoms with E-state index in [1.54, 1.807) is 22.8 Å². The molecular weight excluding hydrogens is 262 g/mol. The van der Waals surface area contributed by atoms with Crippen LogP contribution in [0.25, 0.3) is 0 Å². The van der Waals surface area contributed by atoms with Gasteiger partial charge in [0.05, 0.1) is 6.54 Å². The van der Waals surface area contributed by atoms with Gasteiger partial charge in [0.25, 0.3) is 0 Å². The molecule has 0 bridgehead atoms. The average Bonchev–Trinajstić information content (AvgIpc) is 2.97. The molecule has 1 atom stereocenters. The van der Waals surface area contributed by atoms with Crippen LogP contribution >= 0.6 is 0 Å². The number of aryl methyl sites for hydroxylation is 1. The second kappa shape index (κ2) is 6.47. The molecule has 0 aliphatic carbocycles. The fraction of sp³-hybridized carbons (Fsp3) is 0.667. The number of rotatable bonds is 5. The topological polar surface area (TPSA) is 91.6 Å². The molecule has 8 nitrogen and oxygen atoms in total. The summed E-state index contributed by atoms with van der Waals surface area (Å²) in [6.45, 7) is 4.54. The predicted octanol–water partition coefficient (Wildman–Crippen LogP) is -0.714. The Bertz CT molecular complexity index is 454. The Morgan fingerprint density at radius 1 is 1.30 bits per heavy atom. The third kappa shape index (κ3) is 3.53. The van der Waals surface area contributed by atoms with Gasteiger partial charge in [-0.3, -0.25) is 19.2 Å².